The molecule has 0 radical (unpaired) electrons. The molecule has 5 unspecified atom stereocenters. The third-order valence-corrected chi connectivity index (χ3v) is 4.46. The minimum atomic E-state index is 0.171. The van der Waals surface area contributed by atoms with Crippen LogP contribution in [0.2, 0.25) is 0 Å². The van der Waals surface area contributed by atoms with Crippen molar-refractivity contribution in [1.29, 1.82) is 0 Å². The van der Waals surface area contributed by atoms with Crippen molar-refractivity contribution in [1.82, 2.24) is 0 Å². The summed E-state index contributed by atoms with van der Waals surface area (Å²) in [5.41, 5.74) is 0. The second kappa shape index (κ2) is 6.18. The highest BCUT2D eigenvalue weighted by molar-refractivity contribution is 5.79. The molecule has 0 spiro atoms. The van der Waals surface area contributed by atoms with Crippen molar-refractivity contribution >= 4 is 5.78 Å². The van der Waals surface area contributed by atoms with Gasteiger partial charge in [0.05, 0.1) is 0 Å². The summed E-state index contributed by atoms with van der Waals surface area (Å²) in [6.45, 7) is 14.1. The zero-order valence-electron chi connectivity index (χ0n) is 11.5. The van der Waals surface area contributed by atoms with Crippen molar-refractivity contribution in [2.45, 2.75) is 40.0 Å². The van der Waals surface area contributed by atoms with E-state index in [-0.39, 0.29) is 5.92 Å². The first-order valence-corrected chi connectivity index (χ1v) is 6.80. The van der Waals surface area contributed by atoms with Crippen molar-refractivity contribution in [2.24, 2.45) is 29.6 Å². The lowest BCUT2D eigenvalue weighted by atomic mass is 9.78. The number of hydrogen-bond donors (Lipinski definition) is 0. The third kappa shape index (κ3) is 3.08. The number of allylic oxidation sites excluding steroid dienone is 2. The summed E-state index contributed by atoms with van der Waals surface area (Å²) >= 11 is 0. The van der Waals surface area contributed by atoms with Crippen LogP contribution in [0, 0.1) is 29.6 Å². The average Bonchev–Trinajstić information content (AvgIpc) is 2.66. The Balaban J connectivity index is 2.89. The predicted molar refractivity (Wildman–Crippen MR) is 73.7 cm³/mol. The number of hydrogen-bond acceptors (Lipinski definition) is 1. The molecule has 0 aliphatic heterocycles. The van der Waals surface area contributed by atoms with E-state index in [1.165, 1.54) is 6.42 Å². The highest BCUT2D eigenvalue weighted by Crippen LogP contribution is 2.46. The molecule has 0 heterocycles. The van der Waals surface area contributed by atoms with E-state index in [0.717, 1.165) is 12.8 Å². The first kappa shape index (κ1) is 14.2. The van der Waals surface area contributed by atoms with Gasteiger partial charge in [0.15, 0.2) is 0 Å². The largest absolute Gasteiger partial charge is 0.300 e. The number of rotatable bonds is 6. The zero-order chi connectivity index (χ0) is 13.0. The summed E-state index contributed by atoms with van der Waals surface area (Å²) in [7, 11) is 0. The van der Waals surface area contributed by atoms with Gasteiger partial charge in [0.25, 0.3) is 0 Å². The van der Waals surface area contributed by atoms with Gasteiger partial charge in [-0.25, -0.2) is 0 Å². The molecule has 5 atom stereocenters. The maximum atomic E-state index is 11.9. The standard InChI is InChI=1S/C16H26O/c1-6-11(4)9-15-13(7-2)10-14(8-3)16(15)12(5)17/h7-8,11,13-16H,2-3,6,9-10H2,1,4-5H3. The first-order chi connectivity index (χ1) is 8.04. The van der Waals surface area contributed by atoms with Crippen LogP contribution >= 0.6 is 0 Å². The fourth-order valence-corrected chi connectivity index (χ4v) is 3.29. The van der Waals surface area contributed by atoms with Gasteiger partial charge in [-0.15, -0.1) is 13.2 Å². The molecule has 0 aromatic heterocycles. The molecule has 1 rings (SSSR count). The fourth-order valence-electron chi connectivity index (χ4n) is 3.29. The Hall–Kier alpha value is -0.850. The van der Waals surface area contributed by atoms with Crippen LogP contribution in [0.15, 0.2) is 25.3 Å². The predicted octanol–water partition coefficient (Wildman–Crippen LogP) is 4.25. The summed E-state index contributed by atoms with van der Waals surface area (Å²) in [5.74, 6) is 2.50. The molecular weight excluding hydrogens is 208 g/mol. The summed E-state index contributed by atoms with van der Waals surface area (Å²) < 4.78 is 0. The minimum absolute atomic E-state index is 0.171. The third-order valence-electron chi connectivity index (χ3n) is 4.46. The summed E-state index contributed by atoms with van der Waals surface area (Å²) in [6, 6.07) is 0. The van der Waals surface area contributed by atoms with Gasteiger partial charge in [-0.2, -0.15) is 0 Å². The van der Waals surface area contributed by atoms with Crippen LogP contribution in [0.1, 0.15) is 40.0 Å². The molecule has 1 fully saturated rings. The average molecular weight is 234 g/mol. The van der Waals surface area contributed by atoms with Gasteiger partial charge in [0.2, 0.25) is 0 Å². The molecular formula is C16H26O. The van der Waals surface area contributed by atoms with E-state index < -0.39 is 0 Å². The van der Waals surface area contributed by atoms with Crippen molar-refractivity contribution in [3.05, 3.63) is 25.3 Å². The number of ketones is 1. The van der Waals surface area contributed by atoms with Crippen LogP contribution in [-0.2, 0) is 4.79 Å². The van der Waals surface area contributed by atoms with Gasteiger partial charge >= 0.3 is 0 Å². The Morgan fingerprint density at radius 1 is 1.35 bits per heavy atom. The van der Waals surface area contributed by atoms with Gasteiger partial charge in [-0.05, 0) is 43.4 Å². The van der Waals surface area contributed by atoms with Gasteiger partial charge in [0, 0.05) is 5.92 Å². The van der Waals surface area contributed by atoms with Crippen LogP contribution in [0.5, 0.6) is 0 Å². The van der Waals surface area contributed by atoms with Crippen LogP contribution in [0.25, 0.3) is 0 Å². The quantitative estimate of drug-likeness (QED) is 0.628. The SMILES string of the molecule is C=CC1CC(C=C)C(C(C)=O)C1CC(C)CC. The van der Waals surface area contributed by atoms with E-state index >= 15 is 0 Å². The van der Waals surface area contributed by atoms with E-state index in [4.69, 9.17) is 0 Å². The molecule has 0 bridgehead atoms. The Bertz CT molecular complexity index is 292. The van der Waals surface area contributed by atoms with Crippen molar-refractivity contribution in [2.75, 3.05) is 0 Å². The molecule has 1 aliphatic rings. The number of carbonyl (C=O) groups is 1. The first-order valence-electron chi connectivity index (χ1n) is 6.80. The number of carbonyl (C=O) groups excluding carboxylic acids is 1. The second-order valence-corrected chi connectivity index (χ2v) is 5.58. The van der Waals surface area contributed by atoms with E-state index in [1.807, 2.05) is 12.2 Å². The molecule has 17 heavy (non-hydrogen) atoms. The molecule has 1 heteroatoms. The van der Waals surface area contributed by atoms with E-state index in [9.17, 15) is 4.79 Å². The summed E-state index contributed by atoms with van der Waals surface area (Å²) in [4.78, 5) is 11.9. The normalized spacial score (nSPS) is 34.3. The van der Waals surface area contributed by atoms with Crippen molar-refractivity contribution in [3.63, 3.8) is 0 Å². The smallest absolute Gasteiger partial charge is 0.133 e. The van der Waals surface area contributed by atoms with Crippen molar-refractivity contribution in [3.8, 4) is 0 Å². The second-order valence-electron chi connectivity index (χ2n) is 5.58. The lowest BCUT2D eigenvalue weighted by Gasteiger charge is -2.25. The molecule has 0 N–H and O–H groups in total. The maximum Gasteiger partial charge on any atom is 0.133 e. The van der Waals surface area contributed by atoms with Gasteiger partial charge in [-0.3, -0.25) is 4.79 Å². The maximum absolute atomic E-state index is 11.9. The Labute approximate surface area is 106 Å². The molecule has 0 aromatic carbocycles. The van der Waals surface area contributed by atoms with Gasteiger partial charge in [0.1, 0.15) is 5.78 Å². The zero-order valence-corrected chi connectivity index (χ0v) is 11.5. The van der Waals surface area contributed by atoms with Gasteiger partial charge in [-0.1, -0.05) is 32.4 Å². The monoisotopic (exact) mass is 234 g/mol. The topological polar surface area (TPSA) is 17.1 Å². The fraction of sp³-hybridized carbons (Fsp3) is 0.688. The highest BCUT2D eigenvalue weighted by Gasteiger charge is 2.42. The molecule has 0 aromatic rings. The van der Waals surface area contributed by atoms with Crippen LogP contribution in [0.3, 0.4) is 0 Å². The Morgan fingerprint density at radius 2 is 1.94 bits per heavy atom. The minimum Gasteiger partial charge on any atom is -0.300 e. The summed E-state index contributed by atoms with van der Waals surface area (Å²) in [5, 5.41) is 0. The van der Waals surface area contributed by atoms with Crippen LogP contribution in [0.4, 0.5) is 0 Å². The Morgan fingerprint density at radius 3 is 2.35 bits per heavy atom. The van der Waals surface area contributed by atoms with Gasteiger partial charge < -0.3 is 0 Å². The van der Waals surface area contributed by atoms with Crippen LogP contribution < -0.4 is 0 Å². The molecule has 1 nitrogen and oxygen atoms in total. The molecule has 0 amide bonds. The lowest BCUT2D eigenvalue weighted by molar-refractivity contribution is -0.122. The van der Waals surface area contributed by atoms with Crippen molar-refractivity contribution < 1.29 is 4.79 Å². The van der Waals surface area contributed by atoms with E-state index in [1.54, 1.807) is 6.92 Å². The Kier molecular flexibility index (Phi) is 5.17. The molecule has 1 aliphatic carbocycles. The van der Waals surface area contributed by atoms with E-state index in [2.05, 4.69) is 27.0 Å². The van der Waals surface area contributed by atoms with Crippen LogP contribution in [-0.4, -0.2) is 5.78 Å². The number of Topliss-reactive ketones (excluding diaryl/α,β-unsaturated/α-hetero) is 1. The highest BCUT2D eigenvalue weighted by atomic mass is 16.1. The molecule has 1 saturated carbocycles. The molecule has 96 valence electrons. The lowest BCUT2D eigenvalue weighted by Crippen LogP contribution is -2.25. The summed E-state index contributed by atoms with van der Waals surface area (Å²) in [6.07, 6.45) is 7.40. The molecule has 0 saturated heterocycles. The van der Waals surface area contributed by atoms with E-state index in [0.29, 0.717) is 29.5 Å².